The van der Waals surface area contributed by atoms with Crippen molar-refractivity contribution in [1.82, 2.24) is 10.2 Å². The second-order valence-electron chi connectivity index (χ2n) is 8.19. The highest BCUT2D eigenvalue weighted by molar-refractivity contribution is 5.89. The number of urea groups is 1. The van der Waals surface area contributed by atoms with Crippen molar-refractivity contribution < 1.29 is 14.3 Å². The third-order valence-electron chi connectivity index (χ3n) is 6.15. The molecule has 2 N–H and O–H groups in total. The van der Waals surface area contributed by atoms with Gasteiger partial charge in [0.1, 0.15) is 0 Å². The van der Waals surface area contributed by atoms with Crippen LogP contribution in [0, 0.1) is 0 Å². The summed E-state index contributed by atoms with van der Waals surface area (Å²) in [6.07, 6.45) is 0. The number of nitrogens with one attached hydrogen (secondary N) is 2. The van der Waals surface area contributed by atoms with Gasteiger partial charge in [-0.3, -0.25) is 4.90 Å². The quantitative estimate of drug-likeness (QED) is 0.599. The molecule has 3 aromatic carbocycles. The molecule has 1 fully saturated rings. The number of anilines is 2. The van der Waals surface area contributed by atoms with Gasteiger partial charge in [-0.2, -0.15) is 0 Å². The van der Waals surface area contributed by atoms with Gasteiger partial charge >= 0.3 is 6.03 Å². The molecular formula is C26H28N4O3. The lowest BCUT2D eigenvalue weighted by Gasteiger charge is -2.40. The molecule has 0 aromatic heterocycles. The number of hydrogen-bond donors (Lipinski definition) is 2. The molecule has 0 spiro atoms. The summed E-state index contributed by atoms with van der Waals surface area (Å²) in [7, 11) is 0. The van der Waals surface area contributed by atoms with Crippen molar-refractivity contribution in [3.8, 4) is 11.5 Å². The fourth-order valence-corrected chi connectivity index (χ4v) is 4.39. The van der Waals surface area contributed by atoms with Crippen molar-refractivity contribution in [2.45, 2.75) is 6.04 Å². The van der Waals surface area contributed by atoms with Crippen molar-refractivity contribution in [1.29, 1.82) is 0 Å². The molecule has 2 amide bonds. The van der Waals surface area contributed by atoms with E-state index < -0.39 is 0 Å². The average molecular weight is 445 g/mol. The van der Waals surface area contributed by atoms with E-state index in [0.717, 1.165) is 48.9 Å². The predicted molar refractivity (Wildman–Crippen MR) is 129 cm³/mol. The summed E-state index contributed by atoms with van der Waals surface area (Å²) in [6.45, 7) is 4.40. The van der Waals surface area contributed by atoms with Gasteiger partial charge in [-0.15, -0.1) is 0 Å². The van der Waals surface area contributed by atoms with Crippen LogP contribution in [0.2, 0.25) is 0 Å². The standard InChI is InChI=1S/C26H28N4O3/c31-26(28-21-7-3-1-4-8-21)27-18-23(20-11-12-24-25(17-20)33-19-32-24)30-15-13-29(14-16-30)22-9-5-2-6-10-22/h1-12,17,23H,13-16,18-19H2,(H2,27,28,31). The van der Waals surface area contributed by atoms with Crippen LogP contribution in [0.25, 0.3) is 0 Å². The number of fused-ring (bicyclic) bond motifs is 1. The average Bonchev–Trinajstić information content (AvgIpc) is 3.34. The molecule has 7 heteroatoms. The second kappa shape index (κ2) is 9.83. The fourth-order valence-electron chi connectivity index (χ4n) is 4.39. The molecule has 0 radical (unpaired) electrons. The zero-order chi connectivity index (χ0) is 22.5. The number of carbonyl (C=O) groups excluding carboxylic acids is 1. The third-order valence-corrected chi connectivity index (χ3v) is 6.15. The number of hydrogen-bond acceptors (Lipinski definition) is 5. The van der Waals surface area contributed by atoms with E-state index in [9.17, 15) is 4.79 Å². The first-order chi connectivity index (χ1) is 16.3. The summed E-state index contributed by atoms with van der Waals surface area (Å²) in [5, 5.41) is 5.96. The van der Waals surface area contributed by atoms with Crippen LogP contribution >= 0.6 is 0 Å². The van der Waals surface area contributed by atoms with Crippen LogP contribution in [0.15, 0.2) is 78.9 Å². The molecule has 170 valence electrons. The largest absolute Gasteiger partial charge is 0.454 e. The van der Waals surface area contributed by atoms with Crippen LogP contribution in [0.3, 0.4) is 0 Å². The molecule has 1 atom stereocenters. The Kier molecular flexibility index (Phi) is 6.30. The summed E-state index contributed by atoms with van der Waals surface area (Å²) in [4.78, 5) is 17.4. The molecule has 5 rings (SSSR count). The van der Waals surface area contributed by atoms with Gasteiger partial charge in [0.05, 0.1) is 6.04 Å². The molecule has 2 aliphatic rings. The number of para-hydroxylation sites is 2. The lowest BCUT2D eigenvalue weighted by atomic mass is 10.0. The van der Waals surface area contributed by atoms with E-state index in [1.807, 2.05) is 48.5 Å². The molecule has 0 aliphatic carbocycles. The second-order valence-corrected chi connectivity index (χ2v) is 8.19. The van der Waals surface area contributed by atoms with Gasteiger partial charge in [-0.05, 0) is 42.0 Å². The molecule has 1 saturated heterocycles. The summed E-state index contributed by atoms with van der Waals surface area (Å²) >= 11 is 0. The topological polar surface area (TPSA) is 66.1 Å². The normalized spacial score (nSPS) is 16.3. The van der Waals surface area contributed by atoms with E-state index in [-0.39, 0.29) is 18.9 Å². The van der Waals surface area contributed by atoms with E-state index in [4.69, 9.17) is 9.47 Å². The van der Waals surface area contributed by atoms with Crippen LogP contribution < -0.4 is 25.0 Å². The van der Waals surface area contributed by atoms with Crippen LogP contribution in [0.4, 0.5) is 16.2 Å². The molecule has 0 saturated carbocycles. The molecule has 0 bridgehead atoms. The predicted octanol–water partition coefficient (Wildman–Crippen LogP) is 4.10. The fraction of sp³-hybridized carbons (Fsp3) is 0.269. The van der Waals surface area contributed by atoms with Gasteiger partial charge in [0, 0.05) is 44.1 Å². The zero-order valence-electron chi connectivity index (χ0n) is 18.4. The first-order valence-corrected chi connectivity index (χ1v) is 11.3. The Hall–Kier alpha value is -3.71. The van der Waals surface area contributed by atoms with Crippen LogP contribution in [0.1, 0.15) is 11.6 Å². The summed E-state index contributed by atoms with van der Waals surface area (Å²) < 4.78 is 11.1. The molecule has 33 heavy (non-hydrogen) atoms. The molecular weight excluding hydrogens is 416 g/mol. The van der Waals surface area contributed by atoms with Gasteiger partial charge in [0.2, 0.25) is 6.79 Å². The van der Waals surface area contributed by atoms with Crippen molar-refractivity contribution in [3.63, 3.8) is 0 Å². The number of ether oxygens (including phenoxy) is 2. The maximum absolute atomic E-state index is 12.6. The van der Waals surface area contributed by atoms with Crippen LogP contribution in [0.5, 0.6) is 11.5 Å². The van der Waals surface area contributed by atoms with Gasteiger partial charge in [-0.25, -0.2) is 4.79 Å². The van der Waals surface area contributed by atoms with Crippen molar-refractivity contribution >= 4 is 17.4 Å². The number of carbonyl (C=O) groups is 1. The number of amides is 2. The minimum Gasteiger partial charge on any atom is -0.454 e. The Morgan fingerprint density at radius 3 is 2.30 bits per heavy atom. The number of benzene rings is 3. The Morgan fingerprint density at radius 1 is 0.848 bits per heavy atom. The van der Waals surface area contributed by atoms with Crippen molar-refractivity contribution in [3.05, 3.63) is 84.4 Å². The number of nitrogens with zero attached hydrogens (tertiary/aromatic N) is 2. The summed E-state index contributed by atoms with van der Waals surface area (Å²) in [5.74, 6) is 1.52. The first-order valence-electron chi connectivity index (χ1n) is 11.3. The highest BCUT2D eigenvalue weighted by Crippen LogP contribution is 2.35. The van der Waals surface area contributed by atoms with Crippen molar-refractivity contribution in [2.75, 3.05) is 49.7 Å². The minimum absolute atomic E-state index is 0.0268. The highest BCUT2D eigenvalue weighted by atomic mass is 16.7. The number of piperazine rings is 1. The Balaban J connectivity index is 1.28. The lowest BCUT2D eigenvalue weighted by molar-refractivity contribution is 0.173. The van der Waals surface area contributed by atoms with Crippen LogP contribution in [-0.2, 0) is 0 Å². The van der Waals surface area contributed by atoms with E-state index >= 15 is 0 Å². The Labute approximate surface area is 193 Å². The van der Waals surface area contributed by atoms with Gasteiger partial charge in [0.25, 0.3) is 0 Å². The maximum Gasteiger partial charge on any atom is 0.319 e. The van der Waals surface area contributed by atoms with Gasteiger partial charge in [-0.1, -0.05) is 42.5 Å². The molecule has 7 nitrogen and oxygen atoms in total. The summed E-state index contributed by atoms with van der Waals surface area (Å²) in [5.41, 5.74) is 3.12. The third kappa shape index (κ3) is 5.04. The molecule has 2 aliphatic heterocycles. The smallest absolute Gasteiger partial charge is 0.319 e. The van der Waals surface area contributed by atoms with E-state index in [2.05, 4.69) is 50.8 Å². The maximum atomic E-state index is 12.6. The minimum atomic E-state index is -0.213. The highest BCUT2D eigenvalue weighted by Gasteiger charge is 2.27. The lowest BCUT2D eigenvalue weighted by Crippen LogP contribution is -2.50. The Morgan fingerprint density at radius 2 is 1.55 bits per heavy atom. The Bertz CT molecular complexity index is 1070. The van der Waals surface area contributed by atoms with Crippen LogP contribution in [-0.4, -0.2) is 50.4 Å². The van der Waals surface area contributed by atoms with Crippen molar-refractivity contribution in [2.24, 2.45) is 0 Å². The molecule has 2 heterocycles. The monoisotopic (exact) mass is 444 g/mol. The SMILES string of the molecule is O=C(NCC(c1ccc2c(c1)OCO2)N1CCN(c2ccccc2)CC1)Nc1ccccc1. The zero-order valence-corrected chi connectivity index (χ0v) is 18.4. The molecule has 1 unspecified atom stereocenters. The van der Waals surface area contributed by atoms with Gasteiger partial charge in [0.15, 0.2) is 11.5 Å². The van der Waals surface area contributed by atoms with E-state index in [1.165, 1.54) is 5.69 Å². The van der Waals surface area contributed by atoms with E-state index in [0.29, 0.717) is 6.54 Å². The van der Waals surface area contributed by atoms with E-state index in [1.54, 1.807) is 0 Å². The van der Waals surface area contributed by atoms with Gasteiger partial charge < -0.3 is 25.0 Å². The number of rotatable bonds is 6. The first kappa shape index (κ1) is 21.2. The summed E-state index contributed by atoms with van der Waals surface area (Å²) in [6, 6.07) is 25.8. The molecule has 3 aromatic rings.